The fraction of sp³-hybridized carbons (Fsp3) is 0.714. The lowest BCUT2D eigenvalue weighted by Crippen LogP contribution is -2.22. The van der Waals surface area contributed by atoms with Crippen molar-refractivity contribution in [3.8, 4) is 0 Å². The van der Waals surface area contributed by atoms with Gasteiger partial charge in [-0.2, -0.15) is 0 Å². The Kier molecular flexibility index (Phi) is 1.85. The second-order valence-electron chi connectivity index (χ2n) is 2.56. The van der Waals surface area contributed by atoms with Crippen molar-refractivity contribution in [2.75, 3.05) is 6.61 Å². The van der Waals surface area contributed by atoms with Crippen LogP contribution in [-0.2, 0) is 14.3 Å². The molecule has 1 rings (SSSR count). The second kappa shape index (κ2) is 2.50. The Morgan fingerprint density at radius 1 is 1.60 bits per heavy atom. The van der Waals surface area contributed by atoms with Crippen LogP contribution in [-0.4, -0.2) is 24.3 Å². The zero-order valence-electron chi connectivity index (χ0n) is 6.09. The quantitative estimate of drug-likeness (QED) is 0.417. The van der Waals surface area contributed by atoms with Gasteiger partial charge in [-0.05, 0) is 13.8 Å². The SMILES string of the molecule is CC(=O)C(C)C(=O)C1CO1. The number of Topliss-reactive ketones (excluding diaryl/α,β-unsaturated/α-hetero) is 2. The number of rotatable bonds is 3. The summed E-state index contributed by atoms with van der Waals surface area (Å²) in [6.45, 7) is 3.54. The molecule has 1 heterocycles. The zero-order valence-corrected chi connectivity index (χ0v) is 6.09. The molecule has 0 bridgehead atoms. The molecule has 0 saturated carbocycles. The number of hydrogen-bond donors (Lipinski definition) is 0. The molecular weight excluding hydrogens is 132 g/mol. The van der Waals surface area contributed by atoms with Gasteiger partial charge in [-0.1, -0.05) is 0 Å². The molecular formula is C7H10O3. The molecule has 0 amide bonds. The van der Waals surface area contributed by atoms with E-state index in [0.717, 1.165) is 0 Å². The minimum atomic E-state index is -0.479. The molecule has 0 aromatic heterocycles. The first-order valence-corrected chi connectivity index (χ1v) is 3.28. The highest BCUT2D eigenvalue weighted by atomic mass is 16.6. The highest BCUT2D eigenvalue weighted by Gasteiger charge is 2.35. The van der Waals surface area contributed by atoms with Gasteiger partial charge in [-0.15, -0.1) is 0 Å². The fourth-order valence-electron chi connectivity index (χ4n) is 0.692. The van der Waals surface area contributed by atoms with Crippen molar-refractivity contribution in [3.63, 3.8) is 0 Å². The van der Waals surface area contributed by atoms with Gasteiger partial charge in [-0.3, -0.25) is 9.59 Å². The molecule has 0 spiro atoms. The van der Waals surface area contributed by atoms with Crippen molar-refractivity contribution in [1.29, 1.82) is 0 Å². The third-order valence-corrected chi connectivity index (χ3v) is 1.69. The first kappa shape index (κ1) is 7.41. The van der Waals surface area contributed by atoms with E-state index in [9.17, 15) is 9.59 Å². The maximum Gasteiger partial charge on any atom is 0.174 e. The predicted molar refractivity (Wildman–Crippen MR) is 34.6 cm³/mol. The summed E-state index contributed by atoms with van der Waals surface area (Å²) in [6.07, 6.45) is -0.279. The summed E-state index contributed by atoms with van der Waals surface area (Å²) in [5.41, 5.74) is 0. The first-order valence-electron chi connectivity index (χ1n) is 3.28. The minimum absolute atomic E-state index is 0.0764. The topological polar surface area (TPSA) is 46.7 Å². The van der Waals surface area contributed by atoms with E-state index in [2.05, 4.69) is 0 Å². The van der Waals surface area contributed by atoms with E-state index < -0.39 is 5.92 Å². The molecule has 1 aliphatic heterocycles. The van der Waals surface area contributed by atoms with Crippen LogP contribution in [0.4, 0.5) is 0 Å². The van der Waals surface area contributed by atoms with Gasteiger partial charge in [0.2, 0.25) is 0 Å². The number of epoxide rings is 1. The fourth-order valence-corrected chi connectivity index (χ4v) is 0.692. The van der Waals surface area contributed by atoms with Crippen molar-refractivity contribution in [3.05, 3.63) is 0 Å². The van der Waals surface area contributed by atoms with Gasteiger partial charge in [0.15, 0.2) is 5.78 Å². The number of carbonyl (C=O) groups is 2. The number of ketones is 2. The van der Waals surface area contributed by atoms with E-state index in [1.54, 1.807) is 6.92 Å². The van der Waals surface area contributed by atoms with Gasteiger partial charge in [0.25, 0.3) is 0 Å². The van der Waals surface area contributed by atoms with Crippen molar-refractivity contribution in [2.45, 2.75) is 20.0 Å². The van der Waals surface area contributed by atoms with Crippen LogP contribution in [0.1, 0.15) is 13.8 Å². The van der Waals surface area contributed by atoms with Crippen LogP contribution in [0.2, 0.25) is 0 Å². The standard InChI is InChI=1S/C7H10O3/c1-4(5(2)8)7(9)6-3-10-6/h4,6H,3H2,1-2H3. The number of ether oxygens (including phenoxy) is 1. The lowest BCUT2D eigenvalue weighted by atomic mass is 10.0. The number of hydrogen-bond acceptors (Lipinski definition) is 3. The van der Waals surface area contributed by atoms with Gasteiger partial charge in [0.1, 0.15) is 11.9 Å². The second-order valence-corrected chi connectivity index (χ2v) is 2.56. The van der Waals surface area contributed by atoms with Gasteiger partial charge in [0.05, 0.1) is 12.5 Å². The van der Waals surface area contributed by atoms with Crippen LogP contribution >= 0.6 is 0 Å². The predicted octanol–water partition coefficient (Wildman–Crippen LogP) is 0.179. The molecule has 3 nitrogen and oxygen atoms in total. The molecule has 56 valence electrons. The molecule has 1 saturated heterocycles. The van der Waals surface area contributed by atoms with E-state index in [1.165, 1.54) is 6.92 Å². The molecule has 0 N–H and O–H groups in total. The third kappa shape index (κ3) is 1.42. The van der Waals surface area contributed by atoms with Crippen molar-refractivity contribution >= 4 is 11.6 Å². The van der Waals surface area contributed by atoms with Crippen molar-refractivity contribution in [2.24, 2.45) is 5.92 Å². The third-order valence-electron chi connectivity index (χ3n) is 1.69. The summed E-state index contributed by atoms with van der Waals surface area (Å²) in [6, 6.07) is 0. The maximum absolute atomic E-state index is 11.0. The summed E-state index contributed by atoms with van der Waals surface area (Å²) >= 11 is 0. The van der Waals surface area contributed by atoms with E-state index in [0.29, 0.717) is 6.61 Å². The molecule has 10 heavy (non-hydrogen) atoms. The number of carbonyl (C=O) groups excluding carboxylic acids is 2. The summed E-state index contributed by atoms with van der Waals surface area (Å²) in [5, 5.41) is 0. The summed E-state index contributed by atoms with van der Waals surface area (Å²) < 4.78 is 4.74. The summed E-state index contributed by atoms with van der Waals surface area (Å²) in [4.78, 5) is 21.6. The molecule has 0 aromatic carbocycles. The Morgan fingerprint density at radius 3 is 2.40 bits per heavy atom. The van der Waals surface area contributed by atoms with Gasteiger partial charge in [-0.25, -0.2) is 0 Å². The summed E-state index contributed by atoms with van der Waals surface area (Å²) in [5.74, 6) is -0.638. The van der Waals surface area contributed by atoms with Gasteiger partial charge >= 0.3 is 0 Å². The molecule has 2 unspecified atom stereocenters. The Labute approximate surface area is 59.4 Å². The average Bonchev–Trinajstić information content (AvgIpc) is 2.65. The Morgan fingerprint density at radius 2 is 2.10 bits per heavy atom. The smallest absolute Gasteiger partial charge is 0.174 e. The van der Waals surface area contributed by atoms with Crippen LogP contribution in [0.3, 0.4) is 0 Å². The Balaban J connectivity index is 2.46. The summed E-state index contributed by atoms with van der Waals surface area (Å²) in [7, 11) is 0. The molecule has 1 fully saturated rings. The first-order chi connectivity index (χ1) is 4.63. The van der Waals surface area contributed by atoms with E-state index in [-0.39, 0.29) is 17.7 Å². The zero-order chi connectivity index (χ0) is 7.72. The van der Waals surface area contributed by atoms with Crippen LogP contribution in [0.5, 0.6) is 0 Å². The minimum Gasteiger partial charge on any atom is -0.365 e. The Hall–Kier alpha value is -0.700. The average molecular weight is 142 g/mol. The van der Waals surface area contributed by atoms with Crippen LogP contribution in [0.15, 0.2) is 0 Å². The van der Waals surface area contributed by atoms with Gasteiger partial charge in [0, 0.05) is 0 Å². The van der Waals surface area contributed by atoms with Crippen LogP contribution in [0.25, 0.3) is 0 Å². The van der Waals surface area contributed by atoms with E-state index in [1.807, 2.05) is 0 Å². The molecule has 3 heteroatoms. The lowest BCUT2D eigenvalue weighted by molar-refractivity contribution is -0.131. The highest BCUT2D eigenvalue weighted by Crippen LogP contribution is 2.15. The normalized spacial score (nSPS) is 25.6. The highest BCUT2D eigenvalue weighted by molar-refractivity contribution is 6.03. The molecule has 0 aromatic rings. The Bertz CT molecular complexity index is 170. The largest absolute Gasteiger partial charge is 0.365 e. The monoisotopic (exact) mass is 142 g/mol. The van der Waals surface area contributed by atoms with Crippen molar-refractivity contribution in [1.82, 2.24) is 0 Å². The van der Waals surface area contributed by atoms with Crippen LogP contribution < -0.4 is 0 Å². The maximum atomic E-state index is 11.0. The van der Waals surface area contributed by atoms with E-state index in [4.69, 9.17) is 4.74 Å². The lowest BCUT2D eigenvalue weighted by Gasteiger charge is -2.01. The van der Waals surface area contributed by atoms with Crippen molar-refractivity contribution < 1.29 is 14.3 Å². The molecule has 0 aliphatic carbocycles. The molecule has 0 radical (unpaired) electrons. The molecule has 2 atom stereocenters. The molecule has 1 aliphatic rings. The van der Waals surface area contributed by atoms with Crippen LogP contribution in [0, 0.1) is 5.92 Å². The van der Waals surface area contributed by atoms with E-state index >= 15 is 0 Å². The van der Waals surface area contributed by atoms with Gasteiger partial charge < -0.3 is 4.74 Å².